The van der Waals surface area contributed by atoms with Gasteiger partial charge in [-0.05, 0) is 78.9 Å². The van der Waals surface area contributed by atoms with E-state index in [-0.39, 0.29) is 0 Å². The summed E-state index contributed by atoms with van der Waals surface area (Å²) in [6, 6.07) is 66.3. The molecule has 0 aliphatic heterocycles. The largest absolute Gasteiger partial charge is 0.457 e. The zero-order chi connectivity index (χ0) is 31.0. The first-order chi connectivity index (χ1) is 22.8. The van der Waals surface area contributed by atoms with Crippen LogP contribution in [0.3, 0.4) is 0 Å². The van der Waals surface area contributed by atoms with Crippen LogP contribution in [0.25, 0.3) is 0 Å². The smallest absolute Gasteiger partial charge is 0.131 e. The van der Waals surface area contributed by atoms with Crippen LogP contribution in [-0.4, -0.2) is 0 Å². The van der Waals surface area contributed by atoms with Gasteiger partial charge in [0, 0.05) is 58.0 Å². The summed E-state index contributed by atoms with van der Waals surface area (Å²) < 4.78 is 6.69. The first-order valence-electron chi connectivity index (χ1n) is 15.4. The van der Waals surface area contributed by atoms with Gasteiger partial charge >= 0.3 is 0 Å². The average Bonchev–Trinajstić information content (AvgIpc) is 3.11. The molecule has 0 amide bonds. The van der Waals surface area contributed by atoms with Crippen LogP contribution in [0.2, 0.25) is 0 Å². The Morgan fingerprint density at radius 3 is 1.22 bits per heavy atom. The molecule has 0 atom stereocenters. The first kappa shape index (κ1) is 28.5. The maximum atomic E-state index is 6.69. The van der Waals surface area contributed by atoms with E-state index in [1.807, 2.05) is 60.7 Å². The van der Waals surface area contributed by atoms with Crippen molar-refractivity contribution in [2.24, 2.45) is 0 Å². The molecule has 1 N–H and O–H groups in total. The van der Waals surface area contributed by atoms with Crippen LogP contribution < -0.4 is 19.9 Å². The van der Waals surface area contributed by atoms with E-state index in [4.69, 9.17) is 4.74 Å². The summed E-state index contributed by atoms with van der Waals surface area (Å²) in [5.74, 6) is 1.46. The molecule has 222 valence electrons. The summed E-state index contributed by atoms with van der Waals surface area (Å²) >= 11 is 0. The van der Waals surface area contributed by atoms with Gasteiger partial charge in [0.05, 0.1) is 5.69 Å². The lowest BCUT2D eigenvalue weighted by molar-refractivity contribution is 0.483. The Bertz CT molecular complexity index is 1910. The highest BCUT2D eigenvalue weighted by atomic mass is 16.5. The van der Waals surface area contributed by atoms with Gasteiger partial charge in [-0.3, -0.25) is 0 Å². The number of rotatable bonds is 10. The Balaban J connectivity index is 1.30. The normalized spacial score (nSPS) is 10.6. The molecule has 0 aromatic heterocycles. The Morgan fingerprint density at radius 2 is 0.717 bits per heavy atom. The minimum Gasteiger partial charge on any atom is -0.457 e. The average molecular weight is 596 g/mol. The minimum atomic E-state index is 0.718. The van der Waals surface area contributed by atoms with E-state index >= 15 is 0 Å². The van der Waals surface area contributed by atoms with E-state index in [1.165, 1.54) is 0 Å². The highest BCUT2D eigenvalue weighted by molar-refractivity contribution is 5.81. The van der Waals surface area contributed by atoms with Crippen molar-refractivity contribution in [2.45, 2.75) is 0 Å². The summed E-state index contributed by atoms with van der Waals surface area (Å²) in [7, 11) is 0. The molecule has 0 radical (unpaired) electrons. The van der Waals surface area contributed by atoms with Crippen molar-refractivity contribution in [3.05, 3.63) is 194 Å². The quantitative estimate of drug-likeness (QED) is 0.170. The second-order valence-corrected chi connectivity index (χ2v) is 10.8. The molecular weight excluding hydrogens is 562 g/mol. The van der Waals surface area contributed by atoms with Crippen LogP contribution in [0.5, 0.6) is 11.5 Å². The SMILES string of the molecule is c1ccc(Nc2cc(Oc3cccc(N(c4ccccc4)c4ccccc4)c3)cc(N(c3ccccc3)c3ccccc3)c2)cc1. The number of ether oxygens (including phenoxy) is 1. The van der Waals surface area contributed by atoms with Crippen molar-refractivity contribution < 1.29 is 4.74 Å². The predicted molar refractivity (Wildman–Crippen MR) is 192 cm³/mol. The summed E-state index contributed by atoms with van der Waals surface area (Å²) in [5, 5.41) is 3.59. The van der Waals surface area contributed by atoms with E-state index in [9.17, 15) is 0 Å². The van der Waals surface area contributed by atoms with Crippen molar-refractivity contribution >= 4 is 45.5 Å². The third kappa shape index (κ3) is 6.62. The zero-order valence-corrected chi connectivity index (χ0v) is 25.3. The molecule has 0 aliphatic carbocycles. The van der Waals surface area contributed by atoms with Gasteiger partial charge in [0.25, 0.3) is 0 Å². The van der Waals surface area contributed by atoms with Gasteiger partial charge in [-0.1, -0.05) is 97.1 Å². The number of anilines is 8. The molecule has 0 fully saturated rings. The molecule has 0 spiro atoms. The number of nitrogens with one attached hydrogen (secondary N) is 1. The lowest BCUT2D eigenvalue weighted by Gasteiger charge is -2.27. The molecule has 7 aromatic rings. The molecule has 7 rings (SSSR count). The maximum absolute atomic E-state index is 6.69. The first-order valence-corrected chi connectivity index (χ1v) is 15.4. The van der Waals surface area contributed by atoms with Crippen molar-refractivity contribution in [3.63, 3.8) is 0 Å². The predicted octanol–water partition coefficient (Wildman–Crippen LogP) is 12.2. The molecular formula is C42H33N3O. The molecule has 46 heavy (non-hydrogen) atoms. The summed E-state index contributed by atoms with van der Waals surface area (Å²) in [6.45, 7) is 0. The van der Waals surface area contributed by atoms with E-state index in [0.717, 1.165) is 57.0 Å². The van der Waals surface area contributed by atoms with Crippen LogP contribution in [0, 0.1) is 0 Å². The van der Waals surface area contributed by atoms with Gasteiger partial charge in [-0.25, -0.2) is 0 Å². The third-order valence-electron chi connectivity index (χ3n) is 7.58. The molecule has 7 aromatic carbocycles. The molecule has 0 unspecified atom stereocenters. The third-order valence-corrected chi connectivity index (χ3v) is 7.58. The molecule has 0 bridgehead atoms. The Hall–Kier alpha value is -6.26. The maximum Gasteiger partial charge on any atom is 0.131 e. The van der Waals surface area contributed by atoms with Crippen LogP contribution in [0.4, 0.5) is 45.5 Å². The summed E-state index contributed by atoms with van der Waals surface area (Å²) in [4.78, 5) is 4.48. The van der Waals surface area contributed by atoms with Crippen molar-refractivity contribution in [3.8, 4) is 11.5 Å². The molecule has 4 nitrogen and oxygen atoms in total. The fourth-order valence-corrected chi connectivity index (χ4v) is 5.56. The van der Waals surface area contributed by atoms with E-state index < -0.39 is 0 Å². The Morgan fingerprint density at radius 1 is 0.304 bits per heavy atom. The fraction of sp³-hybridized carbons (Fsp3) is 0. The lowest BCUT2D eigenvalue weighted by atomic mass is 10.1. The lowest BCUT2D eigenvalue weighted by Crippen LogP contribution is -2.10. The number of hydrogen-bond donors (Lipinski definition) is 1. The minimum absolute atomic E-state index is 0.718. The van der Waals surface area contributed by atoms with E-state index in [0.29, 0.717) is 0 Å². The Labute approximate surface area is 270 Å². The summed E-state index contributed by atoms with van der Waals surface area (Å²) in [6.07, 6.45) is 0. The van der Waals surface area contributed by atoms with Gasteiger partial charge in [-0.2, -0.15) is 0 Å². The monoisotopic (exact) mass is 595 g/mol. The van der Waals surface area contributed by atoms with Crippen LogP contribution in [0.15, 0.2) is 194 Å². The number of nitrogens with zero attached hydrogens (tertiary/aromatic N) is 2. The van der Waals surface area contributed by atoms with Gasteiger partial charge in [0.2, 0.25) is 0 Å². The number of benzene rings is 7. The van der Waals surface area contributed by atoms with Gasteiger partial charge in [0.1, 0.15) is 11.5 Å². The molecule has 0 aliphatic rings. The number of hydrogen-bond acceptors (Lipinski definition) is 4. The molecule has 0 saturated carbocycles. The Kier molecular flexibility index (Phi) is 8.42. The van der Waals surface area contributed by atoms with Gasteiger partial charge in [0.15, 0.2) is 0 Å². The topological polar surface area (TPSA) is 27.7 Å². The molecule has 4 heteroatoms. The standard InChI is InChI=1S/C42H33N3O/c1-6-17-33(18-7-1)43-34-29-40(45(37-23-12-4-13-24-37)38-25-14-5-15-26-38)32-42(30-34)46-41-28-16-27-39(31-41)44(35-19-8-2-9-20-35)36-21-10-3-11-22-36/h1-32,43H. The second kappa shape index (κ2) is 13.6. The number of para-hydroxylation sites is 5. The van der Waals surface area contributed by atoms with Gasteiger partial charge < -0.3 is 19.9 Å². The highest BCUT2D eigenvalue weighted by Crippen LogP contribution is 2.41. The van der Waals surface area contributed by atoms with Crippen molar-refractivity contribution in [2.75, 3.05) is 15.1 Å². The van der Waals surface area contributed by atoms with Crippen LogP contribution >= 0.6 is 0 Å². The molecule has 0 heterocycles. The van der Waals surface area contributed by atoms with Crippen molar-refractivity contribution in [1.82, 2.24) is 0 Å². The van der Waals surface area contributed by atoms with E-state index in [2.05, 4.69) is 149 Å². The molecule has 0 saturated heterocycles. The fourth-order valence-electron chi connectivity index (χ4n) is 5.56. The van der Waals surface area contributed by atoms with Gasteiger partial charge in [-0.15, -0.1) is 0 Å². The summed E-state index contributed by atoms with van der Waals surface area (Å²) in [5.41, 5.74) is 8.15. The van der Waals surface area contributed by atoms with E-state index in [1.54, 1.807) is 0 Å². The second-order valence-electron chi connectivity index (χ2n) is 10.8. The van der Waals surface area contributed by atoms with Crippen LogP contribution in [-0.2, 0) is 0 Å². The van der Waals surface area contributed by atoms with Crippen molar-refractivity contribution in [1.29, 1.82) is 0 Å². The van der Waals surface area contributed by atoms with Crippen LogP contribution in [0.1, 0.15) is 0 Å². The highest BCUT2D eigenvalue weighted by Gasteiger charge is 2.16. The zero-order valence-electron chi connectivity index (χ0n) is 25.3.